The van der Waals surface area contributed by atoms with Gasteiger partial charge in [0.2, 0.25) is 0 Å². The van der Waals surface area contributed by atoms with Crippen LogP contribution in [0.3, 0.4) is 0 Å². The third-order valence-electron chi connectivity index (χ3n) is 4.94. The summed E-state index contributed by atoms with van der Waals surface area (Å²) in [5.74, 6) is 2.79. The Bertz CT molecular complexity index is 953. The van der Waals surface area contributed by atoms with E-state index in [-0.39, 0.29) is 0 Å². The van der Waals surface area contributed by atoms with Gasteiger partial charge in [0.1, 0.15) is 11.6 Å². The Kier molecular flexibility index (Phi) is 5.05. The third-order valence-corrected chi connectivity index (χ3v) is 4.94. The molecule has 1 aliphatic heterocycles. The van der Waals surface area contributed by atoms with Gasteiger partial charge >= 0.3 is 0 Å². The third kappa shape index (κ3) is 3.94. The zero-order chi connectivity index (χ0) is 18.6. The lowest BCUT2D eigenvalue weighted by Crippen LogP contribution is -2.47. The molecule has 0 saturated heterocycles. The van der Waals surface area contributed by atoms with E-state index >= 15 is 0 Å². The number of rotatable bonds is 4. The number of aromatic nitrogens is 3. The highest BCUT2D eigenvalue weighted by Crippen LogP contribution is 2.19. The molecule has 0 saturated carbocycles. The Hall–Kier alpha value is -2.89. The fourth-order valence-corrected chi connectivity index (χ4v) is 3.66. The number of nitrogens with one attached hydrogen (secondary N) is 2. The first-order valence-corrected chi connectivity index (χ1v) is 9.64. The Morgan fingerprint density at radius 2 is 2.07 bits per heavy atom. The molecule has 0 radical (unpaired) electrons. The lowest BCUT2D eigenvalue weighted by atomic mass is 10.0. The molecule has 6 nitrogen and oxygen atoms in total. The lowest BCUT2D eigenvalue weighted by Gasteiger charge is -2.25. The summed E-state index contributed by atoms with van der Waals surface area (Å²) in [4.78, 5) is 9.32. The van der Waals surface area contributed by atoms with E-state index in [0.717, 1.165) is 43.5 Å². The van der Waals surface area contributed by atoms with E-state index in [1.165, 1.54) is 16.3 Å². The minimum atomic E-state index is 0.309. The Labute approximate surface area is 159 Å². The van der Waals surface area contributed by atoms with Crippen LogP contribution in [0.1, 0.15) is 30.6 Å². The van der Waals surface area contributed by atoms with Crippen molar-refractivity contribution in [3.63, 3.8) is 0 Å². The second-order valence-corrected chi connectivity index (χ2v) is 6.97. The lowest BCUT2D eigenvalue weighted by molar-refractivity contribution is 0.392. The van der Waals surface area contributed by atoms with Gasteiger partial charge in [0.05, 0.1) is 13.1 Å². The van der Waals surface area contributed by atoms with Gasteiger partial charge in [-0.2, -0.15) is 5.10 Å². The van der Waals surface area contributed by atoms with Crippen LogP contribution in [0.5, 0.6) is 0 Å². The van der Waals surface area contributed by atoms with E-state index in [9.17, 15) is 0 Å². The second-order valence-electron chi connectivity index (χ2n) is 6.97. The average Bonchev–Trinajstić information content (AvgIpc) is 3.05. The summed E-state index contributed by atoms with van der Waals surface area (Å²) in [6.07, 6.45) is 1.98. The standard InChI is InChI=1S/C21H26N6/c1-3-22-21(25-18-11-12-20-24-15(2)26-27(20)14-18)23-13-17-9-6-8-16-7-4-5-10-19(16)17/h4-10,18H,3,11-14H2,1-2H3,(H2,22,23,25). The molecular formula is C21H26N6. The number of hydrogen-bond acceptors (Lipinski definition) is 3. The topological polar surface area (TPSA) is 67.1 Å². The van der Waals surface area contributed by atoms with Crippen molar-refractivity contribution in [2.24, 2.45) is 4.99 Å². The Morgan fingerprint density at radius 3 is 2.96 bits per heavy atom. The predicted octanol–water partition coefficient (Wildman–Crippen LogP) is 2.81. The number of aliphatic imine (C=N–C) groups is 1. The average molecular weight is 362 g/mol. The highest BCUT2D eigenvalue weighted by atomic mass is 15.4. The smallest absolute Gasteiger partial charge is 0.191 e. The molecular weight excluding hydrogens is 336 g/mol. The molecule has 0 aliphatic carbocycles. The summed E-state index contributed by atoms with van der Waals surface area (Å²) in [6.45, 7) is 6.35. The normalized spacial score (nSPS) is 17.0. The number of guanidine groups is 1. The maximum Gasteiger partial charge on any atom is 0.191 e. The maximum absolute atomic E-state index is 4.84. The molecule has 1 aromatic heterocycles. The van der Waals surface area contributed by atoms with Crippen molar-refractivity contribution < 1.29 is 0 Å². The summed E-state index contributed by atoms with van der Waals surface area (Å²) in [5, 5.41) is 14.0. The summed E-state index contributed by atoms with van der Waals surface area (Å²) in [6, 6.07) is 15.2. The van der Waals surface area contributed by atoms with Crippen LogP contribution in [0.15, 0.2) is 47.5 Å². The van der Waals surface area contributed by atoms with Crippen LogP contribution in [0.25, 0.3) is 10.8 Å². The van der Waals surface area contributed by atoms with E-state index in [2.05, 4.69) is 70.1 Å². The zero-order valence-corrected chi connectivity index (χ0v) is 15.9. The first kappa shape index (κ1) is 17.5. The van der Waals surface area contributed by atoms with E-state index in [1.807, 2.05) is 11.6 Å². The van der Waals surface area contributed by atoms with Gasteiger partial charge in [-0.05, 0) is 36.6 Å². The van der Waals surface area contributed by atoms with Crippen molar-refractivity contribution in [2.45, 2.75) is 45.8 Å². The summed E-state index contributed by atoms with van der Waals surface area (Å²) < 4.78 is 2.02. The van der Waals surface area contributed by atoms with Crippen molar-refractivity contribution >= 4 is 16.7 Å². The quantitative estimate of drug-likeness (QED) is 0.553. The molecule has 6 heteroatoms. The summed E-state index contributed by atoms with van der Waals surface area (Å²) in [5.41, 5.74) is 1.24. The zero-order valence-electron chi connectivity index (χ0n) is 15.9. The van der Waals surface area contributed by atoms with Crippen LogP contribution in [0, 0.1) is 6.92 Å². The minimum absolute atomic E-state index is 0.309. The number of aryl methyl sites for hydroxylation is 2. The van der Waals surface area contributed by atoms with Gasteiger partial charge in [-0.15, -0.1) is 0 Å². The molecule has 2 aromatic carbocycles. The molecule has 0 fully saturated rings. The molecule has 1 aliphatic rings. The highest BCUT2D eigenvalue weighted by Gasteiger charge is 2.21. The molecule has 0 spiro atoms. The maximum atomic E-state index is 4.84. The number of benzene rings is 2. The van der Waals surface area contributed by atoms with Gasteiger partial charge in [-0.3, -0.25) is 0 Å². The first-order chi connectivity index (χ1) is 13.2. The van der Waals surface area contributed by atoms with Gasteiger partial charge in [-0.25, -0.2) is 14.7 Å². The molecule has 140 valence electrons. The van der Waals surface area contributed by atoms with Crippen LogP contribution >= 0.6 is 0 Å². The van der Waals surface area contributed by atoms with E-state index in [4.69, 9.17) is 4.99 Å². The number of nitrogens with zero attached hydrogens (tertiary/aromatic N) is 4. The van der Waals surface area contributed by atoms with E-state index in [1.54, 1.807) is 0 Å². The minimum Gasteiger partial charge on any atom is -0.357 e. The molecule has 0 bridgehead atoms. The van der Waals surface area contributed by atoms with Crippen LogP contribution in [-0.2, 0) is 19.5 Å². The molecule has 0 amide bonds. The number of hydrogen-bond donors (Lipinski definition) is 2. The van der Waals surface area contributed by atoms with Crippen LogP contribution in [-0.4, -0.2) is 33.3 Å². The van der Waals surface area contributed by atoms with Gasteiger partial charge in [-0.1, -0.05) is 42.5 Å². The van der Waals surface area contributed by atoms with Crippen molar-refractivity contribution in [3.8, 4) is 0 Å². The van der Waals surface area contributed by atoms with Crippen LogP contribution < -0.4 is 10.6 Å². The molecule has 2 N–H and O–H groups in total. The predicted molar refractivity (Wildman–Crippen MR) is 109 cm³/mol. The second kappa shape index (κ2) is 7.78. The largest absolute Gasteiger partial charge is 0.357 e. The Morgan fingerprint density at radius 1 is 1.22 bits per heavy atom. The fraction of sp³-hybridized carbons (Fsp3) is 0.381. The molecule has 3 aromatic rings. The van der Waals surface area contributed by atoms with Gasteiger partial charge < -0.3 is 10.6 Å². The summed E-state index contributed by atoms with van der Waals surface area (Å²) >= 11 is 0. The van der Waals surface area contributed by atoms with Gasteiger partial charge in [0.25, 0.3) is 0 Å². The van der Waals surface area contributed by atoms with Crippen molar-refractivity contribution in [2.75, 3.05) is 6.54 Å². The van der Waals surface area contributed by atoms with Crippen molar-refractivity contribution in [1.82, 2.24) is 25.4 Å². The number of fused-ring (bicyclic) bond motifs is 2. The Balaban J connectivity index is 1.49. The van der Waals surface area contributed by atoms with Crippen LogP contribution in [0.4, 0.5) is 0 Å². The van der Waals surface area contributed by atoms with Gasteiger partial charge in [0, 0.05) is 19.0 Å². The van der Waals surface area contributed by atoms with E-state index in [0.29, 0.717) is 12.6 Å². The molecule has 1 unspecified atom stereocenters. The monoisotopic (exact) mass is 362 g/mol. The van der Waals surface area contributed by atoms with Crippen molar-refractivity contribution in [1.29, 1.82) is 0 Å². The molecule has 4 rings (SSSR count). The van der Waals surface area contributed by atoms with E-state index < -0.39 is 0 Å². The molecule has 2 heterocycles. The molecule has 1 atom stereocenters. The first-order valence-electron chi connectivity index (χ1n) is 9.64. The van der Waals surface area contributed by atoms with Crippen molar-refractivity contribution in [3.05, 3.63) is 59.7 Å². The molecule has 27 heavy (non-hydrogen) atoms. The highest BCUT2D eigenvalue weighted by molar-refractivity contribution is 5.86. The summed E-state index contributed by atoms with van der Waals surface area (Å²) in [7, 11) is 0. The van der Waals surface area contributed by atoms with Crippen LogP contribution in [0.2, 0.25) is 0 Å². The SMILES string of the molecule is CCNC(=NCc1cccc2ccccc12)NC1CCc2nc(C)nn2C1. The fourth-order valence-electron chi connectivity index (χ4n) is 3.66. The van der Waals surface area contributed by atoms with Gasteiger partial charge in [0.15, 0.2) is 5.96 Å².